The molecule has 4 aromatic heterocycles. The molecule has 4 heterocycles. The molecule has 212 valence electrons. The van der Waals surface area contributed by atoms with Gasteiger partial charge in [0, 0.05) is 48.9 Å². The van der Waals surface area contributed by atoms with E-state index in [0.717, 1.165) is 42.1 Å². The molecule has 0 unspecified atom stereocenters. The molecular weight excluding hydrogens is 563 g/mol. The first kappa shape index (κ1) is 26.6. The molecule has 0 saturated heterocycles. The number of hydrogen-bond acceptors (Lipinski definition) is 6. The quantitative estimate of drug-likeness (QED) is 0.255. The molecule has 6 aromatic rings. The zero-order chi connectivity index (χ0) is 29.6. The first-order valence-electron chi connectivity index (χ1n) is 12.1. The summed E-state index contributed by atoms with van der Waals surface area (Å²) in [5.41, 5.74) is -0.704. The summed E-state index contributed by atoms with van der Waals surface area (Å²) in [6.07, 6.45) is 0.588. The average molecular weight is 580 g/mol. The predicted molar refractivity (Wildman–Crippen MR) is 138 cm³/mol. The second-order valence-electron chi connectivity index (χ2n) is 8.98. The number of aromatic nitrogens is 7. The monoisotopic (exact) mass is 580 g/mol. The lowest BCUT2D eigenvalue weighted by Crippen LogP contribution is -2.20. The van der Waals surface area contributed by atoms with Crippen LogP contribution in [0.1, 0.15) is 16.1 Å². The summed E-state index contributed by atoms with van der Waals surface area (Å²) >= 11 is 0. The Labute approximate surface area is 232 Å². The van der Waals surface area contributed by atoms with Gasteiger partial charge in [0.25, 0.3) is 5.91 Å². The van der Waals surface area contributed by atoms with Crippen LogP contribution in [0.3, 0.4) is 0 Å². The molecule has 1 N–H and O–H groups in total. The molecule has 1 amide bonds. The SMILES string of the molecule is Cn1cc(-c2cc3nccc(Oc4ccc(NC(=O)c5cnn(-c6ccc(F)cc6)c5C(F)(F)F)cc4F)n3n2)cn1. The molecule has 0 radical (unpaired) electrons. The molecule has 0 fully saturated rings. The third-order valence-electron chi connectivity index (χ3n) is 6.08. The average Bonchev–Trinajstić information content (AvgIpc) is 3.68. The number of benzene rings is 2. The van der Waals surface area contributed by atoms with E-state index in [-0.39, 0.29) is 23.0 Å². The van der Waals surface area contributed by atoms with Gasteiger partial charge in [-0.15, -0.1) is 0 Å². The van der Waals surface area contributed by atoms with Gasteiger partial charge in [-0.3, -0.25) is 9.48 Å². The molecule has 10 nitrogen and oxygen atoms in total. The van der Waals surface area contributed by atoms with E-state index in [4.69, 9.17) is 4.74 Å². The number of ether oxygens (including phenoxy) is 1. The summed E-state index contributed by atoms with van der Waals surface area (Å²) in [6.45, 7) is 0. The van der Waals surface area contributed by atoms with Gasteiger partial charge in [-0.2, -0.15) is 33.0 Å². The summed E-state index contributed by atoms with van der Waals surface area (Å²) < 4.78 is 79.3. The maximum absolute atomic E-state index is 15.0. The second-order valence-corrected chi connectivity index (χ2v) is 8.98. The van der Waals surface area contributed by atoms with E-state index < -0.39 is 35.0 Å². The van der Waals surface area contributed by atoms with Gasteiger partial charge in [-0.25, -0.2) is 18.4 Å². The highest BCUT2D eigenvalue weighted by molar-refractivity contribution is 6.05. The fraction of sp³-hybridized carbons (Fsp3) is 0.0741. The summed E-state index contributed by atoms with van der Waals surface area (Å²) in [5, 5.41) is 14.5. The molecule has 15 heteroatoms. The first-order valence-corrected chi connectivity index (χ1v) is 12.1. The smallest absolute Gasteiger partial charge is 0.434 e. The summed E-state index contributed by atoms with van der Waals surface area (Å²) in [5.74, 6) is -2.85. The van der Waals surface area contributed by atoms with Crippen molar-refractivity contribution in [3.63, 3.8) is 0 Å². The van der Waals surface area contributed by atoms with E-state index >= 15 is 4.39 Å². The fourth-order valence-corrected chi connectivity index (χ4v) is 4.18. The van der Waals surface area contributed by atoms with Gasteiger partial charge in [0.2, 0.25) is 5.88 Å². The largest absolute Gasteiger partial charge is 0.436 e. The lowest BCUT2D eigenvalue weighted by molar-refractivity contribution is -0.143. The predicted octanol–water partition coefficient (Wildman–Crippen LogP) is 5.66. The standard InChI is InChI=1S/C27H17F5N8O2/c1-38-14-15(12-34-38)21-11-23-33-9-8-24(40(23)37-21)42-22-7-4-17(10-20(22)29)36-26(41)19-13-35-39(25(19)27(30,31)32)18-5-2-16(28)3-6-18/h2-14H,1H3,(H,36,41). The topological polar surface area (TPSA) is 104 Å². The van der Waals surface area contributed by atoms with Crippen molar-refractivity contribution in [1.29, 1.82) is 0 Å². The Hall–Kier alpha value is -5.60. The Morgan fingerprint density at radius 1 is 0.976 bits per heavy atom. The Kier molecular flexibility index (Phi) is 6.40. The molecule has 0 saturated carbocycles. The molecule has 0 atom stereocenters. The number of nitrogens with one attached hydrogen (secondary N) is 1. The number of hydrogen-bond donors (Lipinski definition) is 1. The number of nitrogens with zero attached hydrogens (tertiary/aromatic N) is 7. The van der Waals surface area contributed by atoms with Crippen molar-refractivity contribution in [3.05, 3.63) is 102 Å². The highest BCUT2D eigenvalue weighted by Gasteiger charge is 2.40. The van der Waals surface area contributed by atoms with Crippen LogP contribution in [0.25, 0.3) is 22.6 Å². The zero-order valence-corrected chi connectivity index (χ0v) is 21.3. The molecule has 0 aliphatic carbocycles. The number of amides is 1. The highest BCUT2D eigenvalue weighted by atomic mass is 19.4. The summed E-state index contributed by atoms with van der Waals surface area (Å²) in [4.78, 5) is 17.1. The Balaban J connectivity index is 1.24. The van der Waals surface area contributed by atoms with Gasteiger partial charge >= 0.3 is 6.18 Å². The summed E-state index contributed by atoms with van der Waals surface area (Å²) in [7, 11) is 1.76. The first-order chi connectivity index (χ1) is 20.1. The molecule has 0 aliphatic heterocycles. The second kappa shape index (κ2) is 10.1. The number of rotatable bonds is 6. The van der Waals surface area contributed by atoms with Gasteiger partial charge in [-0.05, 0) is 36.4 Å². The molecule has 0 bridgehead atoms. The van der Waals surface area contributed by atoms with Crippen molar-refractivity contribution in [2.45, 2.75) is 6.18 Å². The number of carbonyl (C=O) groups excluding carboxylic acids is 1. The van der Waals surface area contributed by atoms with Crippen LogP contribution in [0.4, 0.5) is 27.6 Å². The van der Waals surface area contributed by atoms with Crippen molar-refractivity contribution in [2.24, 2.45) is 7.05 Å². The van der Waals surface area contributed by atoms with Crippen LogP contribution in [-0.2, 0) is 13.2 Å². The third-order valence-corrected chi connectivity index (χ3v) is 6.08. The number of fused-ring (bicyclic) bond motifs is 1. The van der Waals surface area contributed by atoms with Crippen molar-refractivity contribution in [1.82, 2.24) is 34.2 Å². The molecule has 42 heavy (non-hydrogen) atoms. The van der Waals surface area contributed by atoms with Crippen molar-refractivity contribution < 1.29 is 31.5 Å². The number of aryl methyl sites for hydroxylation is 1. The molecule has 0 spiro atoms. The maximum Gasteiger partial charge on any atom is 0.434 e. The van der Waals surface area contributed by atoms with Crippen LogP contribution in [0.2, 0.25) is 0 Å². The van der Waals surface area contributed by atoms with E-state index in [1.807, 2.05) is 0 Å². The van der Waals surface area contributed by atoms with E-state index in [1.165, 1.54) is 28.9 Å². The van der Waals surface area contributed by atoms with Crippen LogP contribution in [0, 0.1) is 11.6 Å². The lowest BCUT2D eigenvalue weighted by Gasteiger charge is -2.13. The normalized spacial score (nSPS) is 11.7. The van der Waals surface area contributed by atoms with Crippen molar-refractivity contribution in [3.8, 4) is 28.6 Å². The summed E-state index contributed by atoms with van der Waals surface area (Å²) in [6, 6.07) is 10.6. The number of anilines is 1. The van der Waals surface area contributed by atoms with E-state index in [9.17, 15) is 22.4 Å². The minimum absolute atomic E-state index is 0.106. The zero-order valence-electron chi connectivity index (χ0n) is 21.3. The van der Waals surface area contributed by atoms with E-state index in [1.54, 1.807) is 30.2 Å². The van der Waals surface area contributed by atoms with Crippen molar-refractivity contribution >= 4 is 17.2 Å². The van der Waals surface area contributed by atoms with Crippen LogP contribution in [-0.4, -0.2) is 40.1 Å². The number of alkyl halides is 3. The van der Waals surface area contributed by atoms with Crippen molar-refractivity contribution in [2.75, 3.05) is 5.32 Å². The van der Waals surface area contributed by atoms with Gasteiger partial charge in [0.05, 0.1) is 29.3 Å². The Morgan fingerprint density at radius 2 is 1.76 bits per heavy atom. The fourth-order valence-electron chi connectivity index (χ4n) is 4.18. The van der Waals surface area contributed by atoms with Crippen LogP contribution in [0.15, 0.2) is 79.4 Å². The Bertz CT molecular complexity index is 1940. The molecule has 2 aromatic carbocycles. The van der Waals surface area contributed by atoms with Gasteiger partial charge in [-0.1, -0.05) is 0 Å². The Morgan fingerprint density at radius 3 is 2.45 bits per heavy atom. The minimum atomic E-state index is -4.99. The molecule has 0 aliphatic rings. The van der Waals surface area contributed by atoms with E-state index in [0.29, 0.717) is 16.0 Å². The van der Waals surface area contributed by atoms with E-state index in [2.05, 4.69) is 25.6 Å². The highest BCUT2D eigenvalue weighted by Crippen LogP contribution is 2.34. The van der Waals surface area contributed by atoms with Crippen LogP contribution >= 0.6 is 0 Å². The van der Waals surface area contributed by atoms with Crippen LogP contribution in [0.5, 0.6) is 11.6 Å². The minimum Gasteiger partial charge on any atom is -0.436 e. The molecular formula is C27H17F5N8O2. The maximum atomic E-state index is 15.0. The van der Waals surface area contributed by atoms with Gasteiger partial charge in [0.15, 0.2) is 22.9 Å². The molecule has 6 rings (SSSR count). The number of carbonyl (C=O) groups is 1. The van der Waals surface area contributed by atoms with Crippen LogP contribution < -0.4 is 10.1 Å². The lowest BCUT2D eigenvalue weighted by atomic mass is 10.2. The van der Waals surface area contributed by atoms with Gasteiger partial charge in [0.1, 0.15) is 5.82 Å². The van der Waals surface area contributed by atoms with Gasteiger partial charge < -0.3 is 10.1 Å². The third kappa shape index (κ3) is 5.02. The number of halogens is 5.